The Morgan fingerprint density at radius 2 is 1.90 bits per heavy atom. The maximum absolute atomic E-state index is 13.3. The minimum Gasteiger partial charge on any atom is -0.332 e. The van der Waals surface area contributed by atoms with Crippen molar-refractivity contribution in [3.63, 3.8) is 0 Å². The van der Waals surface area contributed by atoms with Crippen LogP contribution in [0.4, 0.5) is 4.39 Å². The van der Waals surface area contributed by atoms with Gasteiger partial charge < -0.3 is 4.57 Å². The monoisotopic (exact) mass is 286 g/mol. The van der Waals surface area contributed by atoms with Crippen LogP contribution in [0.15, 0.2) is 40.1 Å². The van der Waals surface area contributed by atoms with Crippen molar-refractivity contribution in [2.75, 3.05) is 0 Å². The van der Waals surface area contributed by atoms with Crippen molar-refractivity contribution in [3.05, 3.63) is 57.1 Å². The molecule has 0 spiro atoms. The van der Waals surface area contributed by atoms with Gasteiger partial charge in [0.25, 0.3) is 5.56 Å². The average molecular weight is 286 g/mol. The number of aryl methyl sites for hydroxylation is 1. The number of hydrogen-bond acceptors (Lipinski definition) is 4. The summed E-state index contributed by atoms with van der Waals surface area (Å²) in [6.07, 6.45) is 1.60. The highest BCUT2D eigenvalue weighted by atomic mass is 19.1. The second kappa shape index (κ2) is 4.62. The van der Waals surface area contributed by atoms with Gasteiger partial charge in [0.05, 0.1) is 5.69 Å². The molecule has 0 aliphatic carbocycles. The summed E-state index contributed by atoms with van der Waals surface area (Å²) in [6.45, 7) is 0. The Balaban J connectivity index is 2.36. The van der Waals surface area contributed by atoms with Crippen LogP contribution in [0.1, 0.15) is 0 Å². The summed E-state index contributed by atoms with van der Waals surface area (Å²) in [5.41, 5.74) is -0.119. The van der Waals surface area contributed by atoms with Crippen molar-refractivity contribution in [2.45, 2.75) is 0 Å². The first-order chi connectivity index (χ1) is 9.97. The van der Waals surface area contributed by atoms with Gasteiger partial charge in [0.1, 0.15) is 5.82 Å². The molecular weight excluding hydrogens is 275 g/mol. The molecule has 21 heavy (non-hydrogen) atoms. The highest BCUT2D eigenvalue weighted by molar-refractivity contribution is 5.63. The number of benzene rings is 1. The summed E-state index contributed by atoms with van der Waals surface area (Å²) >= 11 is 0. The molecule has 0 saturated carbocycles. The SMILES string of the molecule is Cn1cc(-c2cccc(F)c2)nc2c(=O)n(C)c(=O)nc1-2. The van der Waals surface area contributed by atoms with Crippen molar-refractivity contribution in [2.24, 2.45) is 14.1 Å². The van der Waals surface area contributed by atoms with Gasteiger partial charge >= 0.3 is 5.69 Å². The lowest BCUT2D eigenvalue weighted by Crippen LogP contribution is -2.36. The zero-order valence-electron chi connectivity index (χ0n) is 11.4. The van der Waals surface area contributed by atoms with Gasteiger partial charge in [0, 0.05) is 25.9 Å². The van der Waals surface area contributed by atoms with Crippen molar-refractivity contribution < 1.29 is 4.39 Å². The van der Waals surface area contributed by atoms with Crippen molar-refractivity contribution in [3.8, 4) is 22.8 Å². The number of fused-ring (bicyclic) bond motifs is 1. The summed E-state index contributed by atoms with van der Waals surface area (Å²) in [4.78, 5) is 31.7. The van der Waals surface area contributed by atoms with E-state index in [4.69, 9.17) is 0 Å². The van der Waals surface area contributed by atoms with E-state index in [0.29, 0.717) is 11.3 Å². The number of aromatic nitrogens is 4. The first kappa shape index (κ1) is 13.2. The van der Waals surface area contributed by atoms with Crippen LogP contribution in [-0.2, 0) is 14.1 Å². The molecule has 0 bridgehead atoms. The molecule has 3 rings (SSSR count). The average Bonchev–Trinajstić information content (AvgIpc) is 2.46. The Kier molecular flexibility index (Phi) is 2.90. The van der Waals surface area contributed by atoms with Gasteiger partial charge in [-0.3, -0.25) is 9.36 Å². The smallest absolute Gasteiger partial charge is 0.332 e. The highest BCUT2D eigenvalue weighted by Gasteiger charge is 2.18. The molecule has 2 heterocycles. The number of rotatable bonds is 1. The standard InChI is InChI=1S/C14H11FN4O2/c1-18-7-10(8-4-3-5-9(15)6-8)16-11-12(18)17-14(21)19(2)13(11)20/h3-7H,1-2H3. The summed E-state index contributed by atoms with van der Waals surface area (Å²) in [6, 6.07) is 5.91. The fraction of sp³-hybridized carbons (Fsp3) is 0.143. The van der Waals surface area contributed by atoms with Gasteiger partial charge in [-0.15, -0.1) is 0 Å². The van der Waals surface area contributed by atoms with Crippen molar-refractivity contribution in [1.82, 2.24) is 19.1 Å². The summed E-state index contributed by atoms with van der Waals surface area (Å²) in [7, 11) is 2.99. The Labute approximate surface area is 118 Å². The van der Waals surface area contributed by atoms with E-state index in [-0.39, 0.29) is 11.5 Å². The van der Waals surface area contributed by atoms with Gasteiger partial charge in [-0.25, -0.2) is 14.2 Å². The third-order valence-corrected chi connectivity index (χ3v) is 3.21. The molecule has 0 amide bonds. The van der Waals surface area contributed by atoms with E-state index in [1.54, 1.807) is 25.4 Å². The van der Waals surface area contributed by atoms with Crippen LogP contribution < -0.4 is 11.2 Å². The zero-order chi connectivity index (χ0) is 15.1. The number of halogens is 1. The number of hydrogen-bond donors (Lipinski definition) is 0. The summed E-state index contributed by atoms with van der Waals surface area (Å²) in [5, 5.41) is 0. The summed E-state index contributed by atoms with van der Waals surface area (Å²) in [5.74, 6) is -0.193. The Morgan fingerprint density at radius 1 is 1.14 bits per heavy atom. The molecule has 2 aliphatic rings. The molecule has 0 N–H and O–H groups in total. The molecule has 2 aliphatic heterocycles. The maximum Gasteiger partial charge on any atom is 0.352 e. The van der Waals surface area contributed by atoms with E-state index >= 15 is 0 Å². The quantitative estimate of drug-likeness (QED) is 0.663. The maximum atomic E-state index is 13.3. The van der Waals surface area contributed by atoms with E-state index in [0.717, 1.165) is 4.57 Å². The molecule has 7 heteroatoms. The topological polar surface area (TPSA) is 69.8 Å². The van der Waals surface area contributed by atoms with E-state index in [1.165, 1.54) is 23.7 Å². The van der Waals surface area contributed by atoms with Gasteiger partial charge in [0.15, 0.2) is 11.5 Å². The predicted octanol–water partition coefficient (Wildman–Crippen LogP) is 0.785. The van der Waals surface area contributed by atoms with Crippen LogP contribution in [-0.4, -0.2) is 19.1 Å². The van der Waals surface area contributed by atoms with Crippen molar-refractivity contribution >= 4 is 0 Å². The molecule has 0 unspecified atom stereocenters. The zero-order valence-corrected chi connectivity index (χ0v) is 11.4. The largest absolute Gasteiger partial charge is 0.352 e. The Bertz CT molecular complexity index is 929. The van der Waals surface area contributed by atoms with Gasteiger partial charge in [-0.05, 0) is 12.1 Å². The third kappa shape index (κ3) is 2.12. The van der Waals surface area contributed by atoms with E-state index < -0.39 is 17.1 Å². The van der Waals surface area contributed by atoms with Crippen LogP contribution in [0.3, 0.4) is 0 Å². The fourth-order valence-corrected chi connectivity index (χ4v) is 2.08. The molecule has 6 nitrogen and oxygen atoms in total. The molecular formula is C14H11FN4O2. The van der Waals surface area contributed by atoms with Gasteiger partial charge in [-0.1, -0.05) is 12.1 Å². The van der Waals surface area contributed by atoms with Gasteiger partial charge in [-0.2, -0.15) is 4.98 Å². The van der Waals surface area contributed by atoms with E-state index in [2.05, 4.69) is 9.97 Å². The first-order valence-corrected chi connectivity index (χ1v) is 6.18. The minimum absolute atomic E-state index is 0.0707. The molecule has 0 saturated heterocycles. The Morgan fingerprint density at radius 3 is 2.62 bits per heavy atom. The number of nitrogens with zero attached hydrogens (tertiary/aromatic N) is 4. The molecule has 0 aromatic heterocycles. The van der Waals surface area contributed by atoms with E-state index in [1.807, 2.05) is 0 Å². The molecule has 0 radical (unpaired) electrons. The highest BCUT2D eigenvalue weighted by Crippen LogP contribution is 2.21. The van der Waals surface area contributed by atoms with Crippen LogP contribution in [0.5, 0.6) is 0 Å². The molecule has 0 fully saturated rings. The van der Waals surface area contributed by atoms with Crippen molar-refractivity contribution in [1.29, 1.82) is 0 Å². The lowest BCUT2D eigenvalue weighted by Gasteiger charge is -2.12. The minimum atomic E-state index is -0.636. The summed E-state index contributed by atoms with van der Waals surface area (Å²) < 4.78 is 15.7. The predicted molar refractivity (Wildman–Crippen MR) is 74.5 cm³/mol. The second-order valence-electron chi connectivity index (χ2n) is 4.68. The lowest BCUT2D eigenvalue weighted by atomic mass is 10.1. The Hall–Kier alpha value is -2.83. The first-order valence-electron chi connectivity index (χ1n) is 6.18. The van der Waals surface area contributed by atoms with Gasteiger partial charge in [0.2, 0.25) is 0 Å². The second-order valence-corrected chi connectivity index (χ2v) is 4.68. The fourth-order valence-electron chi connectivity index (χ4n) is 2.08. The molecule has 0 atom stereocenters. The van der Waals surface area contributed by atoms with Crippen LogP contribution in [0.2, 0.25) is 0 Å². The van der Waals surface area contributed by atoms with Crippen LogP contribution in [0.25, 0.3) is 22.8 Å². The van der Waals surface area contributed by atoms with Crippen LogP contribution >= 0.6 is 0 Å². The molecule has 1 aromatic rings. The molecule has 106 valence electrons. The van der Waals surface area contributed by atoms with Crippen LogP contribution in [0, 0.1) is 5.82 Å². The third-order valence-electron chi connectivity index (χ3n) is 3.21. The van der Waals surface area contributed by atoms with E-state index in [9.17, 15) is 14.0 Å². The normalized spacial score (nSPS) is 11.0. The molecule has 1 aromatic carbocycles. The lowest BCUT2D eigenvalue weighted by molar-refractivity contribution is 0.628.